The maximum atomic E-state index is 12.1. The number of nitro groups is 1. The topological polar surface area (TPSA) is 103 Å². The Labute approximate surface area is 180 Å². The van der Waals surface area contributed by atoms with Crippen LogP contribution in [0, 0.1) is 10.1 Å². The van der Waals surface area contributed by atoms with Crippen LogP contribution in [-0.4, -0.2) is 24.2 Å². The molecule has 3 aromatic carbocycles. The second kappa shape index (κ2) is 9.66. The molecule has 0 radical (unpaired) electrons. The summed E-state index contributed by atoms with van der Waals surface area (Å²) in [7, 11) is 1.46. The number of para-hydroxylation sites is 2. The molecule has 0 aliphatic carbocycles. The van der Waals surface area contributed by atoms with Crippen LogP contribution in [0.1, 0.15) is 15.9 Å². The molecule has 30 heavy (non-hydrogen) atoms. The van der Waals surface area contributed by atoms with Gasteiger partial charge in [0, 0.05) is 16.1 Å². The highest BCUT2D eigenvalue weighted by molar-refractivity contribution is 9.10. The molecular formula is C21H16BrN3O5. The normalized spacial score (nSPS) is 10.6. The molecule has 0 saturated carbocycles. The number of hydrazone groups is 1. The molecule has 1 amide bonds. The molecule has 0 spiro atoms. The molecule has 152 valence electrons. The molecule has 0 aromatic heterocycles. The molecule has 1 N–H and O–H groups in total. The summed E-state index contributed by atoms with van der Waals surface area (Å²) in [6.07, 6.45) is 1.45. The van der Waals surface area contributed by atoms with E-state index < -0.39 is 4.92 Å². The molecule has 0 atom stereocenters. The van der Waals surface area contributed by atoms with Crippen molar-refractivity contribution in [3.8, 4) is 17.2 Å². The summed E-state index contributed by atoms with van der Waals surface area (Å²) >= 11 is 3.31. The highest BCUT2D eigenvalue weighted by Crippen LogP contribution is 2.36. The zero-order valence-electron chi connectivity index (χ0n) is 15.7. The smallest absolute Gasteiger partial charge is 0.311 e. The van der Waals surface area contributed by atoms with E-state index in [1.165, 1.54) is 25.5 Å². The fraction of sp³-hybridized carbons (Fsp3) is 0.0476. The van der Waals surface area contributed by atoms with E-state index in [4.69, 9.17) is 9.47 Å². The first-order chi connectivity index (χ1) is 14.5. The Hall–Kier alpha value is -3.72. The molecule has 0 bridgehead atoms. The van der Waals surface area contributed by atoms with E-state index >= 15 is 0 Å². The quantitative estimate of drug-likeness (QED) is 0.300. The van der Waals surface area contributed by atoms with E-state index in [-0.39, 0.29) is 17.3 Å². The van der Waals surface area contributed by atoms with Gasteiger partial charge in [0.2, 0.25) is 5.75 Å². The zero-order chi connectivity index (χ0) is 21.5. The van der Waals surface area contributed by atoms with Crippen molar-refractivity contribution in [2.24, 2.45) is 5.10 Å². The maximum absolute atomic E-state index is 12.1. The molecule has 0 unspecified atom stereocenters. The van der Waals surface area contributed by atoms with E-state index in [9.17, 15) is 14.9 Å². The highest BCUT2D eigenvalue weighted by Gasteiger charge is 2.16. The van der Waals surface area contributed by atoms with Gasteiger partial charge >= 0.3 is 5.69 Å². The lowest BCUT2D eigenvalue weighted by atomic mass is 10.2. The summed E-state index contributed by atoms with van der Waals surface area (Å²) in [5, 5.41) is 15.1. The Morgan fingerprint density at radius 2 is 1.87 bits per heavy atom. The monoisotopic (exact) mass is 469 g/mol. The lowest BCUT2D eigenvalue weighted by molar-refractivity contribution is -0.385. The first-order valence-corrected chi connectivity index (χ1v) is 9.45. The van der Waals surface area contributed by atoms with Crippen LogP contribution in [0.25, 0.3) is 0 Å². The number of hydrogen-bond donors (Lipinski definition) is 1. The number of nitro benzene ring substituents is 1. The number of nitrogens with one attached hydrogen (secondary N) is 1. The van der Waals surface area contributed by atoms with Crippen molar-refractivity contribution in [3.63, 3.8) is 0 Å². The minimum absolute atomic E-state index is 0.100. The van der Waals surface area contributed by atoms with Crippen LogP contribution < -0.4 is 14.9 Å². The molecule has 8 nitrogen and oxygen atoms in total. The van der Waals surface area contributed by atoms with Crippen LogP contribution in [0.5, 0.6) is 17.2 Å². The van der Waals surface area contributed by atoms with Crippen molar-refractivity contribution in [2.45, 2.75) is 0 Å². The van der Waals surface area contributed by atoms with E-state index in [1.54, 1.807) is 48.5 Å². The Kier molecular flexibility index (Phi) is 6.76. The number of amides is 1. The Bertz CT molecular complexity index is 1120. The number of methoxy groups -OCH3 is 1. The zero-order valence-corrected chi connectivity index (χ0v) is 17.3. The van der Waals surface area contributed by atoms with Crippen molar-refractivity contribution in [1.82, 2.24) is 5.43 Å². The maximum Gasteiger partial charge on any atom is 0.311 e. The largest absolute Gasteiger partial charge is 0.493 e. The number of carbonyl (C=O) groups is 1. The van der Waals surface area contributed by atoms with Crippen LogP contribution in [0.3, 0.4) is 0 Å². The third-order valence-corrected chi connectivity index (χ3v) is 4.43. The van der Waals surface area contributed by atoms with Crippen LogP contribution in [0.15, 0.2) is 76.3 Å². The van der Waals surface area contributed by atoms with Crippen molar-refractivity contribution in [3.05, 3.63) is 92.4 Å². The number of carbonyl (C=O) groups excluding carboxylic acids is 1. The van der Waals surface area contributed by atoms with Crippen LogP contribution in [-0.2, 0) is 0 Å². The molecule has 3 aromatic rings. The lowest BCUT2D eigenvalue weighted by Gasteiger charge is -2.11. The van der Waals surface area contributed by atoms with Gasteiger partial charge in [0.15, 0.2) is 11.5 Å². The summed E-state index contributed by atoms with van der Waals surface area (Å²) in [6.45, 7) is 0. The van der Waals surface area contributed by atoms with Gasteiger partial charge in [-0.15, -0.1) is 0 Å². The second-order valence-corrected chi connectivity index (χ2v) is 6.86. The van der Waals surface area contributed by atoms with Gasteiger partial charge in [0.25, 0.3) is 5.91 Å². The molecular weight excluding hydrogens is 454 g/mol. The van der Waals surface area contributed by atoms with E-state index in [0.717, 1.165) is 4.47 Å². The van der Waals surface area contributed by atoms with Crippen molar-refractivity contribution in [2.75, 3.05) is 7.11 Å². The SMILES string of the molecule is COc1cc(/C=N\NC(=O)c2cccc(Br)c2)ccc1Oc1ccccc1[N+](=O)[O-]. The van der Waals surface area contributed by atoms with Crippen molar-refractivity contribution < 1.29 is 19.2 Å². The fourth-order valence-electron chi connectivity index (χ4n) is 2.52. The third kappa shape index (κ3) is 5.21. The van der Waals surface area contributed by atoms with Gasteiger partial charge in [-0.1, -0.05) is 34.1 Å². The van der Waals surface area contributed by atoms with E-state index in [0.29, 0.717) is 22.6 Å². The van der Waals surface area contributed by atoms with Gasteiger partial charge in [-0.05, 0) is 48.0 Å². The standard InChI is InChI=1S/C21H16BrN3O5/c1-29-20-11-14(13-23-24-21(26)15-5-4-6-16(22)12-15)9-10-19(20)30-18-8-3-2-7-17(18)25(27)28/h2-13H,1H3,(H,24,26)/b23-13-. The number of hydrogen-bond acceptors (Lipinski definition) is 6. The average molecular weight is 470 g/mol. The predicted molar refractivity (Wildman–Crippen MR) is 115 cm³/mol. The van der Waals surface area contributed by atoms with Crippen LogP contribution in [0.4, 0.5) is 5.69 Å². The molecule has 0 saturated heterocycles. The summed E-state index contributed by atoms with van der Waals surface area (Å²) in [5.74, 6) is 0.414. The van der Waals surface area contributed by atoms with Gasteiger partial charge < -0.3 is 9.47 Å². The highest BCUT2D eigenvalue weighted by atomic mass is 79.9. The van der Waals surface area contributed by atoms with E-state index in [1.807, 2.05) is 6.07 Å². The first kappa shape index (κ1) is 21.0. The number of rotatable bonds is 7. The molecule has 9 heteroatoms. The number of nitrogens with zero attached hydrogens (tertiary/aromatic N) is 2. The number of ether oxygens (including phenoxy) is 2. The Morgan fingerprint density at radius 3 is 2.60 bits per heavy atom. The minimum atomic E-state index is -0.517. The summed E-state index contributed by atoms with van der Waals surface area (Å²) < 4.78 is 11.8. The molecule has 0 fully saturated rings. The first-order valence-electron chi connectivity index (χ1n) is 8.66. The minimum Gasteiger partial charge on any atom is -0.493 e. The van der Waals surface area contributed by atoms with Gasteiger partial charge in [0.1, 0.15) is 0 Å². The summed E-state index contributed by atoms with van der Waals surface area (Å²) in [4.78, 5) is 22.7. The fourth-order valence-corrected chi connectivity index (χ4v) is 2.92. The van der Waals surface area contributed by atoms with Gasteiger partial charge in [0.05, 0.1) is 18.2 Å². The van der Waals surface area contributed by atoms with Crippen molar-refractivity contribution in [1.29, 1.82) is 0 Å². The lowest BCUT2D eigenvalue weighted by Crippen LogP contribution is -2.17. The Balaban J connectivity index is 1.73. The van der Waals surface area contributed by atoms with Gasteiger partial charge in [-0.2, -0.15) is 5.10 Å². The summed E-state index contributed by atoms with van der Waals surface area (Å²) in [5.41, 5.74) is 3.40. The van der Waals surface area contributed by atoms with Gasteiger partial charge in [-0.3, -0.25) is 14.9 Å². The molecule has 0 heterocycles. The van der Waals surface area contributed by atoms with Crippen molar-refractivity contribution >= 4 is 33.7 Å². The number of halogens is 1. The molecule has 0 aliphatic heterocycles. The molecule has 0 aliphatic rings. The third-order valence-electron chi connectivity index (χ3n) is 3.94. The average Bonchev–Trinajstić information content (AvgIpc) is 2.74. The Morgan fingerprint density at radius 1 is 1.07 bits per heavy atom. The van der Waals surface area contributed by atoms with Crippen LogP contribution >= 0.6 is 15.9 Å². The molecule has 3 rings (SSSR count). The summed E-state index contributed by atoms with van der Waals surface area (Å²) in [6, 6.07) is 17.9. The predicted octanol–water partition coefficient (Wildman–Crippen LogP) is 4.92. The van der Waals surface area contributed by atoms with Gasteiger partial charge in [-0.25, -0.2) is 5.43 Å². The second-order valence-electron chi connectivity index (χ2n) is 5.95. The van der Waals surface area contributed by atoms with Crippen LogP contribution in [0.2, 0.25) is 0 Å². The number of benzene rings is 3. The van der Waals surface area contributed by atoms with E-state index in [2.05, 4.69) is 26.5 Å².